The fourth-order valence-corrected chi connectivity index (χ4v) is 2.25. The number of rotatable bonds is 2. The van der Waals surface area contributed by atoms with E-state index >= 15 is 0 Å². The normalized spacial score (nSPS) is 10.7. The van der Waals surface area contributed by atoms with Crippen molar-refractivity contribution in [2.24, 2.45) is 0 Å². The lowest BCUT2D eigenvalue weighted by molar-refractivity contribution is 0.449. The molecule has 0 aliphatic carbocycles. The molecule has 0 aromatic heterocycles. The molecule has 0 bridgehead atoms. The van der Waals surface area contributed by atoms with Crippen molar-refractivity contribution in [1.82, 2.24) is 0 Å². The Labute approximate surface area is 112 Å². The average molecular weight is 258 g/mol. The smallest absolute Gasteiger partial charge is 0.122 e. The predicted molar refractivity (Wildman–Crippen MR) is 74.9 cm³/mol. The van der Waals surface area contributed by atoms with E-state index < -0.39 is 0 Å². The van der Waals surface area contributed by atoms with Gasteiger partial charge in [0.1, 0.15) is 17.2 Å². The molecule has 0 radical (unpaired) electrons. The molecule has 3 N–H and O–H groups in total. The van der Waals surface area contributed by atoms with Gasteiger partial charge in [-0.2, -0.15) is 0 Å². The SMILES string of the molecule is Cc1cc(C)c(O)c(Cc2cc(O)c(C)cc2O)c1. The van der Waals surface area contributed by atoms with Gasteiger partial charge in [0.05, 0.1) is 0 Å². The van der Waals surface area contributed by atoms with Gasteiger partial charge in [0, 0.05) is 12.0 Å². The molecule has 100 valence electrons. The standard InChI is InChI=1S/C16H18O3/c1-9-4-11(3)16(19)13(5-9)7-12-8-14(17)10(2)6-15(12)18/h4-6,8,17-19H,7H2,1-3H3. The molecular formula is C16H18O3. The lowest BCUT2D eigenvalue weighted by Gasteiger charge is -2.11. The minimum atomic E-state index is 0.133. The van der Waals surface area contributed by atoms with E-state index in [9.17, 15) is 15.3 Å². The van der Waals surface area contributed by atoms with Crippen LogP contribution in [0.15, 0.2) is 24.3 Å². The van der Waals surface area contributed by atoms with Crippen molar-refractivity contribution < 1.29 is 15.3 Å². The quantitative estimate of drug-likeness (QED) is 0.724. The van der Waals surface area contributed by atoms with Gasteiger partial charge < -0.3 is 15.3 Å². The van der Waals surface area contributed by atoms with E-state index in [1.807, 2.05) is 26.0 Å². The zero-order valence-electron chi connectivity index (χ0n) is 11.4. The summed E-state index contributed by atoms with van der Waals surface area (Å²) < 4.78 is 0. The molecule has 0 spiro atoms. The fraction of sp³-hybridized carbons (Fsp3) is 0.250. The predicted octanol–water partition coefficient (Wildman–Crippen LogP) is 3.32. The van der Waals surface area contributed by atoms with Crippen LogP contribution in [0.25, 0.3) is 0 Å². The third kappa shape index (κ3) is 2.65. The molecule has 0 aliphatic rings. The van der Waals surface area contributed by atoms with E-state index in [-0.39, 0.29) is 17.2 Å². The number of aromatic hydroxyl groups is 3. The summed E-state index contributed by atoms with van der Waals surface area (Å²) in [4.78, 5) is 0. The van der Waals surface area contributed by atoms with Crippen LogP contribution in [0.5, 0.6) is 17.2 Å². The van der Waals surface area contributed by atoms with Crippen molar-refractivity contribution in [2.75, 3.05) is 0 Å². The first-order chi connectivity index (χ1) is 8.88. The molecule has 0 heterocycles. The molecule has 19 heavy (non-hydrogen) atoms. The van der Waals surface area contributed by atoms with E-state index in [0.717, 1.165) is 16.7 Å². The lowest BCUT2D eigenvalue weighted by atomic mass is 9.98. The zero-order valence-corrected chi connectivity index (χ0v) is 11.4. The highest BCUT2D eigenvalue weighted by Crippen LogP contribution is 2.32. The van der Waals surface area contributed by atoms with Gasteiger partial charge in [0.15, 0.2) is 0 Å². The summed E-state index contributed by atoms with van der Waals surface area (Å²) in [7, 11) is 0. The highest BCUT2D eigenvalue weighted by atomic mass is 16.3. The second-order valence-electron chi connectivity index (χ2n) is 5.03. The van der Waals surface area contributed by atoms with Crippen molar-refractivity contribution in [1.29, 1.82) is 0 Å². The van der Waals surface area contributed by atoms with Crippen LogP contribution in [-0.2, 0) is 6.42 Å². The number of hydrogen-bond acceptors (Lipinski definition) is 3. The van der Waals surface area contributed by atoms with Gasteiger partial charge >= 0.3 is 0 Å². The third-order valence-electron chi connectivity index (χ3n) is 3.30. The molecule has 0 fully saturated rings. The number of phenolic OH excluding ortho intramolecular Hbond substituents is 3. The van der Waals surface area contributed by atoms with Gasteiger partial charge in [0.25, 0.3) is 0 Å². The average Bonchev–Trinajstić information content (AvgIpc) is 2.32. The second-order valence-corrected chi connectivity index (χ2v) is 5.03. The minimum absolute atomic E-state index is 0.133. The first-order valence-electron chi connectivity index (χ1n) is 6.19. The summed E-state index contributed by atoms with van der Waals surface area (Å²) in [5.41, 5.74) is 3.84. The molecule has 0 atom stereocenters. The van der Waals surface area contributed by atoms with Crippen LogP contribution < -0.4 is 0 Å². The van der Waals surface area contributed by atoms with Crippen LogP contribution >= 0.6 is 0 Å². The number of benzene rings is 2. The van der Waals surface area contributed by atoms with E-state index in [0.29, 0.717) is 17.5 Å². The van der Waals surface area contributed by atoms with Crippen molar-refractivity contribution in [3.63, 3.8) is 0 Å². The first-order valence-corrected chi connectivity index (χ1v) is 6.19. The Bertz CT molecular complexity index is 630. The molecular weight excluding hydrogens is 240 g/mol. The highest BCUT2D eigenvalue weighted by Gasteiger charge is 2.11. The Morgan fingerprint density at radius 2 is 1.42 bits per heavy atom. The topological polar surface area (TPSA) is 60.7 Å². The van der Waals surface area contributed by atoms with Gasteiger partial charge in [-0.3, -0.25) is 0 Å². The van der Waals surface area contributed by atoms with E-state index in [2.05, 4.69) is 0 Å². The Balaban J connectivity index is 2.44. The molecule has 0 amide bonds. The minimum Gasteiger partial charge on any atom is -0.508 e. The van der Waals surface area contributed by atoms with Crippen LogP contribution in [0.1, 0.15) is 27.8 Å². The van der Waals surface area contributed by atoms with Gasteiger partial charge in [-0.05, 0) is 49.6 Å². The largest absolute Gasteiger partial charge is 0.508 e. The van der Waals surface area contributed by atoms with Crippen LogP contribution in [-0.4, -0.2) is 15.3 Å². The molecule has 3 heteroatoms. The molecule has 2 aromatic carbocycles. The van der Waals surface area contributed by atoms with Crippen molar-refractivity contribution in [3.05, 3.63) is 52.1 Å². The van der Waals surface area contributed by atoms with Crippen LogP contribution in [0.4, 0.5) is 0 Å². The Morgan fingerprint density at radius 1 is 0.737 bits per heavy atom. The van der Waals surface area contributed by atoms with E-state index in [4.69, 9.17) is 0 Å². The monoisotopic (exact) mass is 258 g/mol. The summed E-state index contributed by atoms with van der Waals surface area (Å²) in [6.45, 7) is 5.54. The molecule has 0 unspecified atom stereocenters. The Kier molecular flexibility index (Phi) is 3.38. The van der Waals surface area contributed by atoms with Gasteiger partial charge in [-0.15, -0.1) is 0 Å². The van der Waals surface area contributed by atoms with E-state index in [1.165, 1.54) is 6.07 Å². The molecule has 0 saturated carbocycles. The van der Waals surface area contributed by atoms with Crippen LogP contribution in [0.3, 0.4) is 0 Å². The maximum absolute atomic E-state index is 10.1. The number of aryl methyl sites for hydroxylation is 3. The number of hydrogen-bond donors (Lipinski definition) is 3. The maximum atomic E-state index is 10.1. The second kappa shape index (κ2) is 4.84. The molecule has 0 saturated heterocycles. The Hall–Kier alpha value is -2.16. The summed E-state index contributed by atoms with van der Waals surface area (Å²) in [6, 6.07) is 6.87. The van der Waals surface area contributed by atoms with Gasteiger partial charge in [-0.25, -0.2) is 0 Å². The van der Waals surface area contributed by atoms with Crippen molar-refractivity contribution in [2.45, 2.75) is 27.2 Å². The first kappa shape index (κ1) is 13.3. The highest BCUT2D eigenvalue weighted by molar-refractivity contribution is 5.50. The summed E-state index contributed by atoms with van der Waals surface area (Å²) >= 11 is 0. The third-order valence-corrected chi connectivity index (χ3v) is 3.30. The van der Waals surface area contributed by atoms with E-state index in [1.54, 1.807) is 13.0 Å². The van der Waals surface area contributed by atoms with Gasteiger partial charge in [0.2, 0.25) is 0 Å². The maximum Gasteiger partial charge on any atom is 0.122 e. The number of phenols is 3. The Morgan fingerprint density at radius 3 is 2.11 bits per heavy atom. The van der Waals surface area contributed by atoms with Crippen LogP contribution in [0.2, 0.25) is 0 Å². The van der Waals surface area contributed by atoms with Gasteiger partial charge in [-0.1, -0.05) is 17.7 Å². The molecule has 2 aromatic rings. The van der Waals surface area contributed by atoms with Crippen LogP contribution in [0, 0.1) is 20.8 Å². The van der Waals surface area contributed by atoms with Crippen molar-refractivity contribution >= 4 is 0 Å². The molecule has 3 nitrogen and oxygen atoms in total. The molecule has 2 rings (SSSR count). The van der Waals surface area contributed by atoms with Crippen molar-refractivity contribution in [3.8, 4) is 17.2 Å². The summed E-state index contributed by atoms with van der Waals surface area (Å²) in [5.74, 6) is 0.524. The fourth-order valence-electron chi connectivity index (χ4n) is 2.25. The zero-order chi connectivity index (χ0) is 14.2. The summed E-state index contributed by atoms with van der Waals surface area (Å²) in [5, 5.41) is 29.7. The summed E-state index contributed by atoms with van der Waals surface area (Å²) in [6.07, 6.45) is 0.383. The molecule has 0 aliphatic heterocycles. The lowest BCUT2D eigenvalue weighted by Crippen LogP contribution is -1.93.